The number of aromatic nitrogens is 3. The highest BCUT2D eigenvalue weighted by atomic mass is 15.1. The molecule has 2 aromatic rings. The van der Waals surface area contributed by atoms with E-state index in [4.69, 9.17) is 0 Å². The second-order valence-electron chi connectivity index (χ2n) is 3.31. The van der Waals surface area contributed by atoms with E-state index in [1.165, 1.54) is 17.5 Å². The van der Waals surface area contributed by atoms with Crippen LogP contribution in [0.15, 0.2) is 30.7 Å². The van der Waals surface area contributed by atoms with Crippen LogP contribution in [0.3, 0.4) is 0 Å². The fourth-order valence-electron chi connectivity index (χ4n) is 1.48. The van der Waals surface area contributed by atoms with Crippen molar-refractivity contribution in [2.75, 3.05) is 0 Å². The van der Waals surface area contributed by atoms with Crippen molar-refractivity contribution in [1.29, 1.82) is 0 Å². The Labute approximate surface area is 82.8 Å². The van der Waals surface area contributed by atoms with E-state index in [9.17, 15) is 0 Å². The van der Waals surface area contributed by atoms with Crippen LogP contribution in [0.2, 0.25) is 0 Å². The molecule has 0 aliphatic rings. The summed E-state index contributed by atoms with van der Waals surface area (Å²) in [4.78, 5) is 4.17. The molecular formula is C11H11N3. The third-order valence-corrected chi connectivity index (χ3v) is 2.15. The van der Waals surface area contributed by atoms with Gasteiger partial charge in [-0.3, -0.25) is 0 Å². The first-order chi connectivity index (χ1) is 6.77. The van der Waals surface area contributed by atoms with Gasteiger partial charge in [-0.15, -0.1) is 5.10 Å². The number of benzene rings is 1. The molecule has 3 heteroatoms. The molecule has 1 heterocycles. The van der Waals surface area contributed by atoms with Crippen LogP contribution < -0.4 is 0 Å². The van der Waals surface area contributed by atoms with Crippen LogP contribution in [0.25, 0.3) is 11.3 Å². The zero-order valence-electron chi connectivity index (χ0n) is 8.23. The van der Waals surface area contributed by atoms with Crippen LogP contribution in [0, 0.1) is 13.8 Å². The van der Waals surface area contributed by atoms with Gasteiger partial charge >= 0.3 is 0 Å². The highest BCUT2D eigenvalue weighted by Gasteiger charge is 2.02. The molecule has 0 saturated heterocycles. The molecule has 0 N–H and O–H groups in total. The highest BCUT2D eigenvalue weighted by molar-refractivity contribution is 5.62. The predicted molar refractivity (Wildman–Crippen MR) is 54.7 cm³/mol. The van der Waals surface area contributed by atoms with Crippen LogP contribution in [-0.4, -0.2) is 15.2 Å². The van der Waals surface area contributed by atoms with Gasteiger partial charge in [0, 0.05) is 5.56 Å². The summed E-state index contributed by atoms with van der Waals surface area (Å²) in [6.07, 6.45) is 3.15. The maximum Gasteiger partial charge on any atom is 0.138 e. The van der Waals surface area contributed by atoms with Crippen LogP contribution >= 0.6 is 0 Å². The molecule has 0 atom stereocenters. The Kier molecular flexibility index (Phi) is 2.23. The van der Waals surface area contributed by atoms with Gasteiger partial charge in [0.05, 0.1) is 11.9 Å². The Morgan fingerprint density at radius 3 is 2.57 bits per heavy atom. The van der Waals surface area contributed by atoms with Crippen LogP contribution in [0.5, 0.6) is 0 Å². The van der Waals surface area contributed by atoms with Crippen molar-refractivity contribution < 1.29 is 0 Å². The van der Waals surface area contributed by atoms with Crippen molar-refractivity contribution in [1.82, 2.24) is 15.2 Å². The zero-order valence-corrected chi connectivity index (χ0v) is 8.23. The largest absolute Gasteiger partial charge is 0.233 e. The number of hydrogen-bond acceptors (Lipinski definition) is 3. The molecule has 1 aromatic carbocycles. The van der Waals surface area contributed by atoms with Gasteiger partial charge in [-0.25, -0.2) is 4.98 Å². The van der Waals surface area contributed by atoms with Gasteiger partial charge in [0.2, 0.25) is 0 Å². The quantitative estimate of drug-likeness (QED) is 0.683. The Morgan fingerprint density at radius 1 is 1.07 bits per heavy atom. The Bertz CT molecular complexity index is 438. The van der Waals surface area contributed by atoms with Crippen molar-refractivity contribution in [3.05, 3.63) is 41.9 Å². The summed E-state index contributed by atoms with van der Waals surface area (Å²) in [5.41, 5.74) is 4.46. The second kappa shape index (κ2) is 3.54. The number of nitrogens with zero attached hydrogens (tertiary/aromatic N) is 3. The SMILES string of the molecule is Cc1ccc(-c2cnncn2)c(C)c1. The fourth-order valence-corrected chi connectivity index (χ4v) is 1.48. The number of rotatable bonds is 1. The minimum Gasteiger partial charge on any atom is -0.233 e. The average molecular weight is 185 g/mol. The standard InChI is InChI=1S/C11H11N3/c1-8-3-4-10(9(2)5-8)11-6-13-14-7-12-11/h3-7H,1-2H3. The van der Waals surface area contributed by atoms with Crippen LogP contribution in [0.1, 0.15) is 11.1 Å². The van der Waals surface area contributed by atoms with Gasteiger partial charge in [0.15, 0.2) is 0 Å². The molecule has 0 saturated carbocycles. The normalized spacial score (nSPS) is 10.1. The van der Waals surface area contributed by atoms with E-state index in [0.717, 1.165) is 11.3 Å². The van der Waals surface area contributed by atoms with E-state index in [0.29, 0.717) is 0 Å². The third-order valence-electron chi connectivity index (χ3n) is 2.15. The van der Waals surface area contributed by atoms with Crippen LogP contribution in [-0.2, 0) is 0 Å². The molecule has 2 rings (SSSR count). The van der Waals surface area contributed by atoms with Crippen molar-refractivity contribution >= 4 is 0 Å². The summed E-state index contributed by atoms with van der Waals surface area (Å²) in [7, 11) is 0. The molecule has 0 bridgehead atoms. The summed E-state index contributed by atoms with van der Waals surface area (Å²) >= 11 is 0. The van der Waals surface area contributed by atoms with Gasteiger partial charge in [-0.05, 0) is 19.4 Å². The smallest absolute Gasteiger partial charge is 0.138 e. The topological polar surface area (TPSA) is 38.7 Å². The van der Waals surface area contributed by atoms with Gasteiger partial charge < -0.3 is 0 Å². The molecule has 70 valence electrons. The summed E-state index contributed by atoms with van der Waals surface area (Å²) in [5.74, 6) is 0. The van der Waals surface area contributed by atoms with Gasteiger partial charge in [0.25, 0.3) is 0 Å². The summed E-state index contributed by atoms with van der Waals surface area (Å²) in [6, 6.07) is 6.27. The van der Waals surface area contributed by atoms with E-state index in [1.807, 2.05) is 0 Å². The molecule has 3 nitrogen and oxygen atoms in total. The molecule has 0 radical (unpaired) electrons. The molecule has 1 aromatic heterocycles. The van der Waals surface area contributed by atoms with E-state index in [1.54, 1.807) is 6.20 Å². The van der Waals surface area contributed by atoms with Crippen molar-refractivity contribution in [3.8, 4) is 11.3 Å². The number of aryl methyl sites for hydroxylation is 2. The molecule has 0 spiro atoms. The molecular weight excluding hydrogens is 174 g/mol. The first kappa shape index (κ1) is 8.81. The minimum atomic E-state index is 0.873. The monoisotopic (exact) mass is 185 g/mol. The fraction of sp³-hybridized carbons (Fsp3) is 0.182. The second-order valence-corrected chi connectivity index (χ2v) is 3.31. The Balaban J connectivity index is 2.53. The lowest BCUT2D eigenvalue weighted by molar-refractivity contribution is 0.972. The predicted octanol–water partition coefficient (Wildman–Crippen LogP) is 2.16. The van der Waals surface area contributed by atoms with E-state index in [2.05, 4.69) is 47.2 Å². The maximum atomic E-state index is 4.17. The van der Waals surface area contributed by atoms with Crippen molar-refractivity contribution in [3.63, 3.8) is 0 Å². The first-order valence-electron chi connectivity index (χ1n) is 4.47. The molecule has 0 aliphatic carbocycles. The van der Waals surface area contributed by atoms with Crippen molar-refractivity contribution in [2.45, 2.75) is 13.8 Å². The molecule has 14 heavy (non-hydrogen) atoms. The van der Waals surface area contributed by atoms with Gasteiger partial charge in [-0.2, -0.15) is 5.10 Å². The average Bonchev–Trinajstić information content (AvgIpc) is 2.19. The van der Waals surface area contributed by atoms with E-state index in [-0.39, 0.29) is 0 Å². The first-order valence-corrected chi connectivity index (χ1v) is 4.47. The minimum absolute atomic E-state index is 0.873. The van der Waals surface area contributed by atoms with Crippen molar-refractivity contribution in [2.24, 2.45) is 0 Å². The molecule has 0 amide bonds. The lowest BCUT2D eigenvalue weighted by Gasteiger charge is -2.04. The lowest BCUT2D eigenvalue weighted by atomic mass is 10.0. The summed E-state index contributed by atoms with van der Waals surface area (Å²) in [5, 5.41) is 7.47. The lowest BCUT2D eigenvalue weighted by Crippen LogP contribution is -1.90. The van der Waals surface area contributed by atoms with Crippen LogP contribution in [0.4, 0.5) is 0 Å². The third kappa shape index (κ3) is 1.62. The summed E-state index contributed by atoms with van der Waals surface area (Å²) < 4.78 is 0. The molecule has 0 fully saturated rings. The maximum absolute atomic E-state index is 4.17. The van der Waals surface area contributed by atoms with Gasteiger partial charge in [-0.1, -0.05) is 23.8 Å². The van der Waals surface area contributed by atoms with E-state index < -0.39 is 0 Å². The summed E-state index contributed by atoms with van der Waals surface area (Å²) in [6.45, 7) is 4.15. The van der Waals surface area contributed by atoms with Gasteiger partial charge in [0.1, 0.15) is 6.33 Å². The Morgan fingerprint density at radius 2 is 1.93 bits per heavy atom. The highest BCUT2D eigenvalue weighted by Crippen LogP contribution is 2.20. The molecule has 0 aliphatic heterocycles. The number of hydrogen-bond donors (Lipinski definition) is 0. The molecule has 0 unspecified atom stereocenters. The Hall–Kier alpha value is -1.77. The van der Waals surface area contributed by atoms with E-state index >= 15 is 0 Å². The zero-order chi connectivity index (χ0) is 9.97.